The van der Waals surface area contributed by atoms with Gasteiger partial charge in [-0.1, -0.05) is 0 Å². The first-order chi connectivity index (χ1) is 5.50. The Morgan fingerprint density at radius 2 is 2.00 bits per heavy atom. The largest absolute Gasteiger partial charge is 0.380 e. The standard InChI is InChI=1S/C7H17NO3S/c1-4-11-6-5-8-12(9,10)7(2)3/h7-8H,4-6H2,1-3H3. The van der Waals surface area contributed by atoms with Gasteiger partial charge in [0.25, 0.3) is 0 Å². The highest BCUT2D eigenvalue weighted by Crippen LogP contribution is 1.94. The van der Waals surface area contributed by atoms with Gasteiger partial charge in [0.1, 0.15) is 0 Å². The van der Waals surface area contributed by atoms with Crippen molar-refractivity contribution in [2.45, 2.75) is 26.0 Å². The van der Waals surface area contributed by atoms with Crippen LogP contribution < -0.4 is 4.72 Å². The second kappa shape index (κ2) is 5.50. The Hall–Kier alpha value is -0.130. The lowest BCUT2D eigenvalue weighted by molar-refractivity contribution is 0.153. The molecule has 0 aromatic carbocycles. The Labute approximate surface area is 74.4 Å². The van der Waals surface area contributed by atoms with E-state index >= 15 is 0 Å². The number of hydrogen-bond donors (Lipinski definition) is 1. The lowest BCUT2D eigenvalue weighted by Gasteiger charge is -2.08. The van der Waals surface area contributed by atoms with Gasteiger partial charge in [-0.05, 0) is 20.8 Å². The molecule has 12 heavy (non-hydrogen) atoms. The molecule has 5 heteroatoms. The predicted octanol–water partition coefficient (Wildman–Crippen LogP) is 0.351. The van der Waals surface area contributed by atoms with Gasteiger partial charge in [0.2, 0.25) is 10.0 Å². The first kappa shape index (κ1) is 11.9. The highest BCUT2D eigenvalue weighted by atomic mass is 32.2. The summed E-state index contributed by atoms with van der Waals surface area (Å²) in [5.74, 6) is 0. The van der Waals surface area contributed by atoms with Crippen molar-refractivity contribution in [1.29, 1.82) is 0 Å². The van der Waals surface area contributed by atoms with Gasteiger partial charge >= 0.3 is 0 Å². The molecule has 0 saturated heterocycles. The van der Waals surface area contributed by atoms with Crippen LogP contribution in [0.25, 0.3) is 0 Å². The zero-order valence-electron chi connectivity index (χ0n) is 7.83. The Bertz CT molecular complexity index is 199. The minimum atomic E-state index is -3.11. The molecule has 0 heterocycles. The summed E-state index contributed by atoms with van der Waals surface area (Å²) in [5, 5.41) is -0.376. The van der Waals surface area contributed by atoms with Crippen molar-refractivity contribution in [2.24, 2.45) is 0 Å². The summed E-state index contributed by atoms with van der Waals surface area (Å²) >= 11 is 0. The SMILES string of the molecule is CCOCCNS(=O)(=O)C(C)C. The van der Waals surface area contributed by atoms with Crippen LogP contribution in [0.2, 0.25) is 0 Å². The third kappa shape index (κ3) is 4.69. The van der Waals surface area contributed by atoms with Crippen LogP contribution in [0.1, 0.15) is 20.8 Å². The number of sulfonamides is 1. The molecule has 0 aromatic rings. The van der Waals surface area contributed by atoms with Gasteiger partial charge in [0.05, 0.1) is 11.9 Å². The number of rotatable bonds is 6. The quantitative estimate of drug-likeness (QED) is 0.622. The molecule has 0 aliphatic heterocycles. The summed E-state index contributed by atoms with van der Waals surface area (Å²) in [6.45, 7) is 6.56. The molecule has 0 amide bonds. The average molecular weight is 195 g/mol. The number of hydrogen-bond acceptors (Lipinski definition) is 3. The van der Waals surface area contributed by atoms with E-state index in [2.05, 4.69) is 4.72 Å². The van der Waals surface area contributed by atoms with Crippen LogP contribution in [0.4, 0.5) is 0 Å². The minimum absolute atomic E-state index is 0.356. The molecule has 0 saturated carbocycles. The van der Waals surface area contributed by atoms with Crippen molar-refractivity contribution in [3.05, 3.63) is 0 Å². The molecule has 0 aliphatic carbocycles. The Kier molecular flexibility index (Phi) is 5.44. The summed E-state index contributed by atoms with van der Waals surface area (Å²) in [5.41, 5.74) is 0. The molecule has 0 spiro atoms. The third-order valence-electron chi connectivity index (χ3n) is 1.37. The summed E-state index contributed by atoms with van der Waals surface area (Å²) in [4.78, 5) is 0. The third-order valence-corrected chi connectivity index (χ3v) is 3.22. The maximum absolute atomic E-state index is 11.1. The van der Waals surface area contributed by atoms with Gasteiger partial charge in [-0.2, -0.15) is 0 Å². The molecule has 1 N–H and O–H groups in total. The molecule has 0 fully saturated rings. The first-order valence-electron chi connectivity index (χ1n) is 4.07. The molecular weight excluding hydrogens is 178 g/mol. The zero-order valence-corrected chi connectivity index (χ0v) is 8.65. The van der Waals surface area contributed by atoms with E-state index in [-0.39, 0.29) is 5.25 Å². The van der Waals surface area contributed by atoms with Gasteiger partial charge in [0, 0.05) is 13.2 Å². The van der Waals surface area contributed by atoms with Crippen LogP contribution in [0.3, 0.4) is 0 Å². The van der Waals surface area contributed by atoms with Crippen molar-refractivity contribution in [1.82, 2.24) is 4.72 Å². The molecular formula is C7H17NO3S. The first-order valence-corrected chi connectivity index (χ1v) is 5.61. The van der Waals surface area contributed by atoms with E-state index in [1.54, 1.807) is 13.8 Å². The number of nitrogens with one attached hydrogen (secondary N) is 1. The van der Waals surface area contributed by atoms with Crippen LogP contribution in [0.15, 0.2) is 0 Å². The van der Waals surface area contributed by atoms with E-state index < -0.39 is 10.0 Å². The lowest BCUT2D eigenvalue weighted by atomic mass is 10.6. The Morgan fingerprint density at radius 1 is 1.42 bits per heavy atom. The van der Waals surface area contributed by atoms with E-state index in [9.17, 15) is 8.42 Å². The molecule has 0 atom stereocenters. The van der Waals surface area contributed by atoms with Gasteiger partial charge < -0.3 is 4.74 Å². The lowest BCUT2D eigenvalue weighted by Crippen LogP contribution is -2.33. The van der Waals surface area contributed by atoms with Gasteiger partial charge in [-0.15, -0.1) is 0 Å². The molecule has 0 aliphatic rings. The molecule has 0 aromatic heterocycles. The second-order valence-corrected chi connectivity index (χ2v) is 5.01. The fourth-order valence-corrected chi connectivity index (χ4v) is 1.27. The van der Waals surface area contributed by atoms with Gasteiger partial charge in [0.15, 0.2) is 0 Å². The maximum atomic E-state index is 11.1. The topological polar surface area (TPSA) is 55.4 Å². The monoisotopic (exact) mass is 195 g/mol. The number of ether oxygens (including phenoxy) is 1. The van der Waals surface area contributed by atoms with Crippen LogP contribution in [-0.2, 0) is 14.8 Å². The van der Waals surface area contributed by atoms with E-state index in [1.807, 2.05) is 6.92 Å². The highest BCUT2D eigenvalue weighted by molar-refractivity contribution is 7.90. The molecule has 4 nitrogen and oxygen atoms in total. The highest BCUT2D eigenvalue weighted by Gasteiger charge is 2.13. The summed E-state index contributed by atoms with van der Waals surface area (Å²) in [6.07, 6.45) is 0. The molecule has 0 rings (SSSR count). The maximum Gasteiger partial charge on any atom is 0.214 e. The minimum Gasteiger partial charge on any atom is -0.380 e. The van der Waals surface area contributed by atoms with Gasteiger partial charge in [-0.3, -0.25) is 0 Å². The second-order valence-electron chi connectivity index (χ2n) is 2.69. The van der Waals surface area contributed by atoms with Gasteiger partial charge in [-0.25, -0.2) is 13.1 Å². The molecule has 74 valence electrons. The van der Waals surface area contributed by atoms with E-state index in [0.29, 0.717) is 19.8 Å². The molecule has 0 radical (unpaired) electrons. The molecule has 0 bridgehead atoms. The van der Waals surface area contributed by atoms with Crippen LogP contribution in [-0.4, -0.2) is 33.4 Å². The fraction of sp³-hybridized carbons (Fsp3) is 1.00. The fourth-order valence-electron chi connectivity index (χ4n) is 0.567. The van der Waals surface area contributed by atoms with Crippen LogP contribution in [0.5, 0.6) is 0 Å². The van der Waals surface area contributed by atoms with E-state index in [1.165, 1.54) is 0 Å². The predicted molar refractivity (Wildman–Crippen MR) is 48.6 cm³/mol. The summed E-state index contributed by atoms with van der Waals surface area (Å²) < 4.78 is 29.7. The average Bonchev–Trinajstić information content (AvgIpc) is 1.98. The van der Waals surface area contributed by atoms with E-state index in [0.717, 1.165) is 0 Å². The summed E-state index contributed by atoms with van der Waals surface area (Å²) in [7, 11) is -3.11. The van der Waals surface area contributed by atoms with Crippen molar-refractivity contribution in [3.63, 3.8) is 0 Å². The summed E-state index contributed by atoms with van der Waals surface area (Å²) in [6, 6.07) is 0. The zero-order chi connectivity index (χ0) is 9.61. The van der Waals surface area contributed by atoms with Crippen molar-refractivity contribution < 1.29 is 13.2 Å². The van der Waals surface area contributed by atoms with Crippen molar-refractivity contribution in [2.75, 3.05) is 19.8 Å². The van der Waals surface area contributed by atoms with Crippen LogP contribution >= 0.6 is 0 Å². The normalized spacial score (nSPS) is 12.3. The van der Waals surface area contributed by atoms with Crippen molar-refractivity contribution in [3.8, 4) is 0 Å². The molecule has 0 unspecified atom stereocenters. The smallest absolute Gasteiger partial charge is 0.214 e. The van der Waals surface area contributed by atoms with E-state index in [4.69, 9.17) is 4.74 Å². The van der Waals surface area contributed by atoms with Crippen LogP contribution in [0, 0.1) is 0 Å². The Balaban J connectivity index is 3.63. The Morgan fingerprint density at radius 3 is 2.42 bits per heavy atom. The van der Waals surface area contributed by atoms with Crippen molar-refractivity contribution >= 4 is 10.0 Å².